The number of carbonyl (C=O) groups excluding carboxylic acids is 2. The number of rotatable bonds is 3. The zero-order valence-electron chi connectivity index (χ0n) is 10.9. The van der Waals surface area contributed by atoms with Crippen molar-refractivity contribution in [2.75, 3.05) is 26.2 Å². The fourth-order valence-electron chi connectivity index (χ4n) is 2.31. The van der Waals surface area contributed by atoms with Gasteiger partial charge in [-0.1, -0.05) is 0 Å². The van der Waals surface area contributed by atoms with Gasteiger partial charge in [0.25, 0.3) is 0 Å². The van der Waals surface area contributed by atoms with Gasteiger partial charge in [-0.2, -0.15) is 0 Å². The van der Waals surface area contributed by atoms with Crippen molar-refractivity contribution in [1.82, 2.24) is 15.2 Å². The lowest BCUT2D eigenvalue weighted by Crippen LogP contribution is -2.36. The van der Waals surface area contributed by atoms with E-state index in [9.17, 15) is 9.59 Å². The fraction of sp³-hybridized carbons (Fsp3) is 0.538. The van der Waals surface area contributed by atoms with Crippen LogP contribution in [0.4, 0.5) is 0 Å². The number of hydrogen-bond donors (Lipinski definition) is 2. The lowest BCUT2D eigenvalue weighted by atomic mass is 10.1. The summed E-state index contributed by atoms with van der Waals surface area (Å²) < 4.78 is 0. The van der Waals surface area contributed by atoms with Crippen molar-refractivity contribution in [2.45, 2.75) is 20.3 Å². The molecule has 0 atom stereocenters. The molecule has 1 aromatic heterocycles. The summed E-state index contributed by atoms with van der Waals surface area (Å²) in [6.45, 7) is 5.94. The van der Waals surface area contributed by atoms with Crippen LogP contribution in [-0.4, -0.2) is 47.8 Å². The van der Waals surface area contributed by atoms with E-state index in [0.29, 0.717) is 19.6 Å². The Hall–Kier alpha value is -1.62. The van der Waals surface area contributed by atoms with E-state index in [0.717, 1.165) is 29.9 Å². The summed E-state index contributed by atoms with van der Waals surface area (Å²) in [7, 11) is 0. The zero-order chi connectivity index (χ0) is 13.1. The summed E-state index contributed by atoms with van der Waals surface area (Å²) in [5.41, 5.74) is 2.62. The molecule has 18 heavy (non-hydrogen) atoms. The molecule has 2 rings (SSSR count). The monoisotopic (exact) mass is 249 g/mol. The number of nitrogens with one attached hydrogen (secondary N) is 2. The number of carbonyl (C=O) groups is 2. The maximum atomic E-state index is 12.2. The second-order valence-corrected chi connectivity index (χ2v) is 4.83. The molecule has 0 radical (unpaired) electrons. The summed E-state index contributed by atoms with van der Waals surface area (Å²) in [6, 6.07) is 1.87. The molecule has 0 saturated carbocycles. The quantitative estimate of drug-likeness (QED) is 0.772. The van der Waals surface area contributed by atoms with E-state index < -0.39 is 0 Å². The van der Waals surface area contributed by atoms with Crippen molar-refractivity contribution < 1.29 is 9.59 Å². The van der Waals surface area contributed by atoms with Crippen LogP contribution in [0.2, 0.25) is 0 Å². The van der Waals surface area contributed by atoms with E-state index in [-0.39, 0.29) is 11.7 Å². The van der Waals surface area contributed by atoms with E-state index in [1.54, 1.807) is 0 Å². The predicted molar refractivity (Wildman–Crippen MR) is 68.7 cm³/mol. The number of H-pyrrole nitrogens is 1. The highest BCUT2D eigenvalue weighted by Gasteiger charge is 2.19. The number of aromatic amines is 1. The van der Waals surface area contributed by atoms with Crippen molar-refractivity contribution in [3.63, 3.8) is 0 Å². The van der Waals surface area contributed by atoms with Crippen LogP contribution in [0.15, 0.2) is 6.07 Å². The second kappa shape index (κ2) is 5.35. The molecule has 98 valence electrons. The molecule has 1 saturated heterocycles. The Bertz CT molecular complexity index is 465. The van der Waals surface area contributed by atoms with E-state index >= 15 is 0 Å². The molecular formula is C13H19N3O2. The molecule has 1 aromatic rings. The summed E-state index contributed by atoms with van der Waals surface area (Å²) in [4.78, 5) is 28.6. The largest absolute Gasteiger partial charge is 0.362 e. The topological polar surface area (TPSA) is 65.2 Å². The molecule has 5 heteroatoms. The average molecular weight is 249 g/mol. The minimum atomic E-state index is 0.00210. The first kappa shape index (κ1) is 12.8. The first-order valence-electron chi connectivity index (χ1n) is 6.24. The van der Waals surface area contributed by atoms with Crippen LogP contribution in [0.5, 0.6) is 0 Å². The number of aromatic nitrogens is 1. The summed E-state index contributed by atoms with van der Waals surface area (Å²) in [6.07, 6.45) is 0.893. The molecular weight excluding hydrogens is 230 g/mol. The third-order valence-electron chi connectivity index (χ3n) is 3.16. The van der Waals surface area contributed by atoms with Crippen LogP contribution in [0.25, 0.3) is 0 Å². The Kier molecular flexibility index (Phi) is 3.81. The van der Waals surface area contributed by atoms with E-state index in [1.807, 2.05) is 24.8 Å². The smallest absolute Gasteiger partial charge is 0.234 e. The van der Waals surface area contributed by atoms with Gasteiger partial charge in [-0.05, 0) is 26.3 Å². The second-order valence-electron chi connectivity index (χ2n) is 4.83. The van der Waals surface area contributed by atoms with Crippen molar-refractivity contribution in [1.29, 1.82) is 0 Å². The Morgan fingerprint density at radius 1 is 1.44 bits per heavy atom. The first-order chi connectivity index (χ1) is 8.56. The maximum absolute atomic E-state index is 12.2. The van der Waals surface area contributed by atoms with Gasteiger partial charge in [0.05, 0.1) is 13.1 Å². The molecule has 2 heterocycles. The maximum Gasteiger partial charge on any atom is 0.234 e. The van der Waals surface area contributed by atoms with Gasteiger partial charge in [0, 0.05) is 30.0 Å². The van der Waals surface area contributed by atoms with Gasteiger partial charge in [-0.3, -0.25) is 14.5 Å². The van der Waals surface area contributed by atoms with Gasteiger partial charge in [-0.15, -0.1) is 0 Å². The van der Waals surface area contributed by atoms with Gasteiger partial charge >= 0.3 is 0 Å². The SMILES string of the molecule is Cc1cc(C(=O)CN2CCCNC(=O)C2)c(C)[nH]1. The van der Waals surface area contributed by atoms with Crippen LogP contribution >= 0.6 is 0 Å². The third kappa shape index (κ3) is 2.98. The number of Topliss-reactive ketones (excluding diaryl/α,β-unsaturated/α-hetero) is 1. The highest BCUT2D eigenvalue weighted by Crippen LogP contribution is 2.11. The molecule has 0 bridgehead atoms. The first-order valence-corrected chi connectivity index (χ1v) is 6.24. The molecule has 0 spiro atoms. The fourth-order valence-corrected chi connectivity index (χ4v) is 2.31. The zero-order valence-corrected chi connectivity index (χ0v) is 10.9. The highest BCUT2D eigenvalue weighted by atomic mass is 16.2. The minimum Gasteiger partial charge on any atom is -0.362 e. The van der Waals surface area contributed by atoms with Gasteiger partial charge in [0.1, 0.15) is 0 Å². The van der Waals surface area contributed by atoms with Crippen molar-refractivity contribution in [3.05, 3.63) is 23.0 Å². The number of amides is 1. The van der Waals surface area contributed by atoms with Crippen LogP contribution in [0, 0.1) is 13.8 Å². The van der Waals surface area contributed by atoms with Crippen molar-refractivity contribution >= 4 is 11.7 Å². The Morgan fingerprint density at radius 2 is 2.22 bits per heavy atom. The lowest BCUT2D eigenvalue weighted by molar-refractivity contribution is -0.121. The average Bonchev–Trinajstić information content (AvgIpc) is 2.50. The highest BCUT2D eigenvalue weighted by molar-refractivity contribution is 5.99. The standard InChI is InChI=1S/C13H19N3O2/c1-9-6-11(10(2)15-9)12(17)7-16-5-3-4-14-13(18)8-16/h6,15H,3-5,7-8H2,1-2H3,(H,14,18). The Morgan fingerprint density at radius 3 is 2.89 bits per heavy atom. The normalized spacial score (nSPS) is 17.3. The molecule has 1 aliphatic rings. The van der Waals surface area contributed by atoms with Crippen molar-refractivity contribution in [2.24, 2.45) is 0 Å². The van der Waals surface area contributed by atoms with Gasteiger partial charge < -0.3 is 10.3 Å². The molecule has 5 nitrogen and oxygen atoms in total. The van der Waals surface area contributed by atoms with Gasteiger partial charge in [-0.25, -0.2) is 0 Å². The molecule has 0 unspecified atom stereocenters. The van der Waals surface area contributed by atoms with Crippen LogP contribution < -0.4 is 5.32 Å². The predicted octanol–water partition coefficient (Wildman–Crippen LogP) is 0.636. The number of aryl methyl sites for hydroxylation is 2. The molecule has 0 aromatic carbocycles. The lowest BCUT2D eigenvalue weighted by Gasteiger charge is -2.17. The molecule has 1 fully saturated rings. The molecule has 1 aliphatic heterocycles. The van der Waals surface area contributed by atoms with E-state index in [2.05, 4.69) is 10.3 Å². The third-order valence-corrected chi connectivity index (χ3v) is 3.16. The number of ketones is 1. The van der Waals surface area contributed by atoms with Gasteiger partial charge in [0.15, 0.2) is 5.78 Å². The summed E-state index contributed by atoms with van der Waals surface area (Å²) >= 11 is 0. The number of hydrogen-bond acceptors (Lipinski definition) is 3. The molecule has 0 aliphatic carbocycles. The van der Waals surface area contributed by atoms with Gasteiger partial charge in [0.2, 0.25) is 5.91 Å². The molecule has 1 amide bonds. The Labute approximate surface area is 107 Å². The minimum absolute atomic E-state index is 0.00210. The van der Waals surface area contributed by atoms with Crippen LogP contribution in [-0.2, 0) is 4.79 Å². The van der Waals surface area contributed by atoms with Crippen LogP contribution in [0.3, 0.4) is 0 Å². The van der Waals surface area contributed by atoms with Crippen LogP contribution in [0.1, 0.15) is 28.2 Å². The summed E-state index contributed by atoms with van der Waals surface area (Å²) in [5.74, 6) is 0.0776. The van der Waals surface area contributed by atoms with E-state index in [4.69, 9.17) is 0 Å². The Balaban J connectivity index is 2.02. The molecule has 2 N–H and O–H groups in total. The number of nitrogens with zero attached hydrogens (tertiary/aromatic N) is 1. The van der Waals surface area contributed by atoms with E-state index in [1.165, 1.54) is 0 Å². The summed E-state index contributed by atoms with van der Waals surface area (Å²) in [5, 5.41) is 2.80. The van der Waals surface area contributed by atoms with Crippen molar-refractivity contribution in [3.8, 4) is 0 Å².